The van der Waals surface area contributed by atoms with E-state index >= 15 is 0 Å². The topological polar surface area (TPSA) is 72.7 Å². The number of anilines is 1. The van der Waals surface area contributed by atoms with Gasteiger partial charge in [-0.3, -0.25) is 4.79 Å². The molecule has 4 aromatic rings. The standard InChI is InChI=1S/C21H19N5OS3/c1-15(29-21-23-24-25-26(21)14-17-10-7-13-28-17)20(27)22-18-11-5-6-12-19(18)30-16-8-3-2-4-9-16/h2-13,15H,14H2,1H3,(H,22,27). The molecule has 0 fully saturated rings. The van der Waals surface area contributed by atoms with E-state index in [1.807, 2.05) is 66.9 Å². The van der Waals surface area contributed by atoms with Crippen molar-refractivity contribution in [3.8, 4) is 0 Å². The number of thioether (sulfide) groups is 1. The number of rotatable bonds is 8. The average Bonchev–Trinajstić information content (AvgIpc) is 3.43. The molecule has 152 valence electrons. The summed E-state index contributed by atoms with van der Waals surface area (Å²) in [5.74, 6) is -0.0909. The highest BCUT2D eigenvalue weighted by Gasteiger charge is 2.20. The van der Waals surface area contributed by atoms with Gasteiger partial charge in [-0.25, -0.2) is 4.68 Å². The van der Waals surface area contributed by atoms with Crippen LogP contribution >= 0.6 is 34.9 Å². The first-order valence-electron chi connectivity index (χ1n) is 9.27. The molecule has 0 aliphatic heterocycles. The van der Waals surface area contributed by atoms with Crippen molar-refractivity contribution in [2.45, 2.75) is 33.7 Å². The highest BCUT2D eigenvalue weighted by atomic mass is 32.2. The summed E-state index contributed by atoms with van der Waals surface area (Å²) >= 11 is 4.62. The van der Waals surface area contributed by atoms with Crippen LogP contribution in [0.2, 0.25) is 0 Å². The minimum atomic E-state index is -0.354. The normalized spacial score (nSPS) is 11.9. The minimum Gasteiger partial charge on any atom is -0.324 e. The van der Waals surface area contributed by atoms with Crippen molar-refractivity contribution in [1.82, 2.24) is 20.2 Å². The Balaban J connectivity index is 1.42. The quantitative estimate of drug-likeness (QED) is 0.376. The van der Waals surface area contributed by atoms with E-state index in [1.165, 1.54) is 11.8 Å². The van der Waals surface area contributed by atoms with Gasteiger partial charge in [0.2, 0.25) is 11.1 Å². The fourth-order valence-electron chi connectivity index (χ4n) is 2.65. The highest BCUT2D eigenvalue weighted by molar-refractivity contribution is 8.00. The number of benzene rings is 2. The van der Waals surface area contributed by atoms with Crippen LogP contribution in [0.15, 0.2) is 87.1 Å². The monoisotopic (exact) mass is 453 g/mol. The molecule has 2 aromatic carbocycles. The summed E-state index contributed by atoms with van der Waals surface area (Å²) in [7, 11) is 0. The van der Waals surface area contributed by atoms with E-state index in [0.29, 0.717) is 11.7 Å². The number of aromatic nitrogens is 4. The average molecular weight is 454 g/mol. The number of nitrogens with zero attached hydrogens (tertiary/aromatic N) is 4. The summed E-state index contributed by atoms with van der Waals surface area (Å²) in [6.45, 7) is 2.45. The Kier molecular flexibility index (Phi) is 6.83. The minimum absolute atomic E-state index is 0.0909. The highest BCUT2D eigenvalue weighted by Crippen LogP contribution is 2.33. The van der Waals surface area contributed by atoms with Crippen LogP contribution in [-0.4, -0.2) is 31.4 Å². The molecular weight excluding hydrogens is 434 g/mol. The molecule has 30 heavy (non-hydrogen) atoms. The van der Waals surface area contributed by atoms with E-state index in [0.717, 1.165) is 20.4 Å². The van der Waals surface area contributed by atoms with Gasteiger partial charge in [-0.05, 0) is 53.1 Å². The first-order valence-corrected chi connectivity index (χ1v) is 11.8. The number of carbonyl (C=O) groups excluding carboxylic acids is 1. The van der Waals surface area contributed by atoms with Gasteiger partial charge in [-0.2, -0.15) is 0 Å². The number of nitrogens with one attached hydrogen (secondary N) is 1. The first kappa shape index (κ1) is 20.6. The van der Waals surface area contributed by atoms with Crippen LogP contribution in [0.1, 0.15) is 11.8 Å². The summed E-state index contributed by atoms with van der Waals surface area (Å²) < 4.78 is 1.72. The second-order valence-corrected chi connectivity index (χ2v) is 9.81. The van der Waals surface area contributed by atoms with Gasteiger partial charge in [0.25, 0.3) is 0 Å². The molecule has 1 N–H and O–H groups in total. The van der Waals surface area contributed by atoms with Crippen molar-refractivity contribution < 1.29 is 4.79 Å². The summed E-state index contributed by atoms with van der Waals surface area (Å²) in [5, 5.41) is 17.3. The Labute approximate surface area is 187 Å². The number of tetrazole rings is 1. The van der Waals surface area contributed by atoms with Crippen LogP contribution in [0.5, 0.6) is 0 Å². The third-order valence-electron chi connectivity index (χ3n) is 4.15. The molecule has 0 aliphatic rings. The molecule has 1 amide bonds. The van der Waals surface area contributed by atoms with Crippen LogP contribution in [0.4, 0.5) is 5.69 Å². The first-order chi connectivity index (χ1) is 14.7. The zero-order valence-electron chi connectivity index (χ0n) is 16.1. The van der Waals surface area contributed by atoms with Gasteiger partial charge in [0, 0.05) is 14.7 Å². The number of thiophene rings is 1. The smallest absolute Gasteiger partial charge is 0.237 e. The lowest BCUT2D eigenvalue weighted by atomic mass is 10.3. The summed E-state index contributed by atoms with van der Waals surface area (Å²) in [6.07, 6.45) is 0. The van der Waals surface area contributed by atoms with Gasteiger partial charge in [-0.1, -0.05) is 59.9 Å². The second kappa shape index (κ2) is 9.92. The lowest BCUT2D eigenvalue weighted by Gasteiger charge is -2.14. The molecule has 1 unspecified atom stereocenters. The number of hydrogen-bond donors (Lipinski definition) is 1. The number of amides is 1. The molecule has 0 spiro atoms. The van der Waals surface area contributed by atoms with Gasteiger partial charge in [0.1, 0.15) is 0 Å². The molecule has 6 nitrogen and oxygen atoms in total. The van der Waals surface area contributed by atoms with Gasteiger partial charge in [0.15, 0.2) is 0 Å². The zero-order chi connectivity index (χ0) is 20.8. The van der Waals surface area contributed by atoms with E-state index in [-0.39, 0.29) is 11.2 Å². The molecule has 4 rings (SSSR count). The van der Waals surface area contributed by atoms with Crippen molar-refractivity contribution in [2.75, 3.05) is 5.32 Å². The predicted molar refractivity (Wildman–Crippen MR) is 122 cm³/mol. The second-order valence-electron chi connectivity index (χ2n) is 6.36. The molecule has 0 radical (unpaired) electrons. The van der Waals surface area contributed by atoms with Gasteiger partial charge >= 0.3 is 0 Å². The van der Waals surface area contributed by atoms with Crippen molar-refractivity contribution in [3.63, 3.8) is 0 Å². The lowest BCUT2D eigenvalue weighted by molar-refractivity contribution is -0.115. The maximum atomic E-state index is 12.9. The molecule has 0 saturated carbocycles. The molecule has 0 aliphatic carbocycles. The Bertz CT molecular complexity index is 1100. The Morgan fingerprint density at radius 1 is 1.10 bits per heavy atom. The number of hydrogen-bond acceptors (Lipinski definition) is 7. The summed E-state index contributed by atoms with van der Waals surface area (Å²) in [6, 6.07) is 21.9. The summed E-state index contributed by atoms with van der Waals surface area (Å²) in [5.41, 5.74) is 0.794. The zero-order valence-corrected chi connectivity index (χ0v) is 18.6. The van der Waals surface area contributed by atoms with E-state index in [9.17, 15) is 4.79 Å². The fraction of sp³-hybridized carbons (Fsp3) is 0.143. The Morgan fingerprint density at radius 2 is 1.90 bits per heavy atom. The lowest BCUT2D eigenvalue weighted by Crippen LogP contribution is -2.23. The Morgan fingerprint density at radius 3 is 2.70 bits per heavy atom. The maximum absolute atomic E-state index is 12.9. The van der Waals surface area contributed by atoms with Crippen LogP contribution in [0.3, 0.4) is 0 Å². The molecule has 2 heterocycles. The maximum Gasteiger partial charge on any atom is 0.237 e. The molecule has 1 atom stereocenters. The predicted octanol–water partition coefficient (Wildman–Crippen LogP) is 5.05. The molecular formula is C21H19N5OS3. The van der Waals surface area contributed by atoms with E-state index in [1.54, 1.807) is 27.8 Å². The fourth-order valence-corrected chi connectivity index (χ4v) is 5.05. The molecule has 0 saturated heterocycles. The third-order valence-corrected chi connectivity index (χ3v) is 7.17. The van der Waals surface area contributed by atoms with E-state index in [2.05, 4.69) is 33.0 Å². The van der Waals surface area contributed by atoms with Gasteiger partial charge in [-0.15, -0.1) is 16.4 Å². The van der Waals surface area contributed by atoms with Crippen molar-refractivity contribution in [2.24, 2.45) is 0 Å². The van der Waals surface area contributed by atoms with E-state index < -0.39 is 0 Å². The molecule has 9 heteroatoms. The number of para-hydroxylation sites is 1. The van der Waals surface area contributed by atoms with Crippen molar-refractivity contribution >= 4 is 46.5 Å². The van der Waals surface area contributed by atoms with Gasteiger partial charge in [0.05, 0.1) is 17.5 Å². The van der Waals surface area contributed by atoms with E-state index in [4.69, 9.17) is 0 Å². The molecule has 2 aromatic heterocycles. The van der Waals surface area contributed by atoms with Crippen molar-refractivity contribution in [1.29, 1.82) is 0 Å². The van der Waals surface area contributed by atoms with Gasteiger partial charge < -0.3 is 5.32 Å². The van der Waals surface area contributed by atoms with Crippen molar-refractivity contribution in [3.05, 3.63) is 77.0 Å². The number of carbonyl (C=O) groups is 1. The third kappa shape index (κ3) is 5.29. The van der Waals surface area contributed by atoms with Crippen LogP contribution in [0, 0.1) is 0 Å². The SMILES string of the molecule is CC(Sc1nnnn1Cc1cccs1)C(=O)Nc1ccccc1Sc1ccccc1. The summed E-state index contributed by atoms with van der Waals surface area (Å²) in [4.78, 5) is 16.1. The Hall–Kier alpha value is -2.62. The largest absolute Gasteiger partial charge is 0.324 e. The van der Waals surface area contributed by atoms with Crippen LogP contribution < -0.4 is 5.32 Å². The van der Waals surface area contributed by atoms with Crippen LogP contribution in [-0.2, 0) is 11.3 Å². The van der Waals surface area contributed by atoms with Crippen LogP contribution in [0.25, 0.3) is 0 Å². The molecule has 0 bridgehead atoms.